The van der Waals surface area contributed by atoms with Crippen LogP contribution in [0.25, 0.3) is 23.5 Å². The van der Waals surface area contributed by atoms with Crippen LogP contribution in [-0.2, 0) is 6.54 Å². The first-order valence-electron chi connectivity index (χ1n) is 10.5. The molecule has 1 saturated heterocycles. The zero-order valence-electron chi connectivity index (χ0n) is 17.8. The fraction of sp³-hybridized carbons (Fsp3) is 0.333. The van der Waals surface area contributed by atoms with Gasteiger partial charge in [0.2, 0.25) is 0 Å². The number of phenols is 1. The molecule has 31 heavy (non-hydrogen) atoms. The van der Waals surface area contributed by atoms with Crippen molar-refractivity contribution in [1.82, 2.24) is 19.7 Å². The molecule has 0 atom stereocenters. The number of hydrogen-bond acceptors (Lipinski definition) is 5. The number of rotatable bonds is 7. The number of benzene rings is 2. The van der Waals surface area contributed by atoms with Gasteiger partial charge in [0.15, 0.2) is 11.6 Å². The van der Waals surface area contributed by atoms with Gasteiger partial charge in [0.25, 0.3) is 0 Å². The van der Waals surface area contributed by atoms with Crippen molar-refractivity contribution in [3.63, 3.8) is 0 Å². The van der Waals surface area contributed by atoms with Gasteiger partial charge in [-0.2, -0.15) is 5.10 Å². The average Bonchev–Trinajstić information content (AvgIpc) is 3.20. The van der Waals surface area contributed by atoms with Crippen molar-refractivity contribution in [2.24, 2.45) is 0 Å². The first-order valence-corrected chi connectivity index (χ1v) is 11.7. The van der Waals surface area contributed by atoms with Gasteiger partial charge in [-0.15, -0.1) is 24.2 Å². The number of aromatic hydroxyl groups is 1. The summed E-state index contributed by atoms with van der Waals surface area (Å²) in [6, 6.07) is 15.8. The highest BCUT2D eigenvalue weighted by molar-refractivity contribution is 7.98. The first-order chi connectivity index (χ1) is 14.7. The molecule has 2 aromatic carbocycles. The summed E-state index contributed by atoms with van der Waals surface area (Å²) in [6.45, 7) is 4.01. The Labute approximate surface area is 194 Å². The monoisotopic (exact) mass is 456 g/mol. The first kappa shape index (κ1) is 23.4. The van der Waals surface area contributed by atoms with Crippen LogP contribution < -0.4 is 0 Å². The third kappa shape index (κ3) is 6.12. The highest BCUT2D eigenvalue weighted by Gasteiger charge is 2.16. The molecule has 2 heterocycles. The van der Waals surface area contributed by atoms with E-state index >= 15 is 0 Å². The molecule has 4 rings (SSSR count). The van der Waals surface area contributed by atoms with Crippen molar-refractivity contribution in [3.05, 3.63) is 59.9 Å². The summed E-state index contributed by atoms with van der Waals surface area (Å²) in [5.74, 6) is 1.59. The van der Waals surface area contributed by atoms with Crippen LogP contribution >= 0.6 is 24.2 Å². The molecular formula is C24H29ClN4OS. The lowest BCUT2D eigenvalue weighted by molar-refractivity contribution is 0.218. The van der Waals surface area contributed by atoms with Gasteiger partial charge in [-0.25, -0.2) is 9.67 Å². The van der Waals surface area contributed by atoms with E-state index in [2.05, 4.69) is 35.4 Å². The van der Waals surface area contributed by atoms with E-state index in [1.54, 1.807) is 17.8 Å². The van der Waals surface area contributed by atoms with Gasteiger partial charge in [-0.3, -0.25) is 0 Å². The van der Waals surface area contributed by atoms with Crippen LogP contribution in [-0.4, -0.2) is 50.7 Å². The van der Waals surface area contributed by atoms with Crippen molar-refractivity contribution < 1.29 is 5.11 Å². The Kier molecular flexibility index (Phi) is 8.58. The molecule has 0 radical (unpaired) electrons. The second kappa shape index (κ2) is 11.4. The second-order valence-electron chi connectivity index (χ2n) is 7.54. The van der Waals surface area contributed by atoms with E-state index in [0.29, 0.717) is 17.2 Å². The Morgan fingerprint density at radius 3 is 2.42 bits per heavy atom. The molecule has 0 spiro atoms. The van der Waals surface area contributed by atoms with Gasteiger partial charge >= 0.3 is 0 Å². The van der Waals surface area contributed by atoms with E-state index < -0.39 is 0 Å². The molecule has 0 bridgehead atoms. The quantitative estimate of drug-likeness (QED) is 0.479. The Morgan fingerprint density at radius 1 is 0.968 bits per heavy atom. The number of thioether (sulfide) groups is 1. The predicted molar refractivity (Wildman–Crippen MR) is 132 cm³/mol. The Morgan fingerprint density at radius 2 is 1.71 bits per heavy atom. The van der Waals surface area contributed by atoms with Crippen molar-refractivity contribution in [1.29, 1.82) is 0 Å². The number of likely N-dealkylation sites (tertiary alicyclic amines) is 1. The molecule has 1 aliphatic rings. The largest absolute Gasteiger partial charge is 0.507 e. The minimum Gasteiger partial charge on any atom is -0.507 e. The summed E-state index contributed by atoms with van der Waals surface area (Å²) in [6.07, 6.45) is 9.92. The molecule has 0 aliphatic carbocycles. The Balaban J connectivity index is 0.00000272. The molecule has 1 aliphatic heterocycles. The molecule has 164 valence electrons. The molecular weight excluding hydrogens is 428 g/mol. The topological polar surface area (TPSA) is 54.2 Å². The zero-order valence-corrected chi connectivity index (χ0v) is 19.4. The van der Waals surface area contributed by atoms with E-state index in [1.807, 2.05) is 35.0 Å². The maximum Gasteiger partial charge on any atom is 0.174 e. The Hall–Kier alpha value is -2.28. The number of hydrogen-bond donors (Lipinski definition) is 1. The number of aromatic nitrogens is 3. The van der Waals surface area contributed by atoms with Gasteiger partial charge < -0.3 is 10.0 Å². The van der Waals surface area contributed by atoms with Crippen molar-refractivity contribution in [2.45, 2.75) is 30.7 Å². The maximum absolute atomic E-state index is 10.4. The van der Waals surface area contributed by atoms with Crippen LogP contribution in [0.5, 0.6) is 5.75 Å². The second-order valence-corrected chi connectivity index (χ2v) is 8.42. The van der Waals surface area contributed by atoms with Crippen molar-refractivity contribution in [2.75, 3.05) is 25.9 Å². The molecule has 1 N–H and O–H groups in total. The molecule has 3 aromatic rings. The molecule has 1 aromatic heterocycles. The number of phenolic OH excluding ortho intramolecular Hbond substituents is 1. The number of nitrogens with zero attached hydrogens (tertiary/aromatic N) is 4. The Bertz CT molecular complexity index is 997. The normalized spacial score (nSPS) is 14.6. The van der Waals surface area contributed by atoms with Crippen LogP contribution in [0.4, 0.5) is 0 Å². The highest BCUT2D eigenvalue weighted by atomic mass is 35.5. The smallest absolute Gasteiger partial charge is 0.174 e. The van der Waals surface area contributed by atoms with Crippen LogP contribution in [0.3, 0.4) is 0 Å². The maximum atomic E-state index is 10.4. The molecule has 0 unspecified atom stereocenters. The molecule has 5 nitrogen and oxygen atoms in total. The zero-order chi connectivity index (χ0) is 20.8. The van der Waals surface area contributed by atoms with Crippen LogP contribution in [0.15, 0.2) is 53.4 Å². The van der Waals surface area contributed by atoms with E-state index in [1.165, 1.54) is 24.2 Å². The molecule has 0 saturated carbocycles. The lowest BCUT2D eigenvalue weighted by Gasteiger charge is -2.26. The van der Waals surface area contributed by atoms with Gasteiger partial charge in [0.05, 0.1) is 12.1 Å². The summed E-state index contributed by atoms with van der Waals surface area (Å²) in [7, 11) is 0. The van der Waals surface area contributed by atoms with Crippen LogP contribution in [0, 0.1) is 0 Å². The molecule has 7 heteroatoms. The van der Waals surface area contributed by atoms with Gasteiger partial charge in [0.1, 0.15) is 5.75 Å². The third-order valence-electron chi connectivity index (χ3n) is 5.45. The standard InChI is InChI=1S/C24H28N4OS.ClH/c1-30-20-12-9-19(10-13-20)11-14-23-25-24(21-7-3-4-8-22(21)29)28(26-23)18-17-27-15-5-2-6-16-27;/h3-4,7-14,29H,2,5-6,15-18H2,1H3;1H. The molecule has 0 amide bonds. The molecule has 1 fully saturated rings. The van der Waals surface area contributed by atoms with E-state index in [0.717, 1.165) is 31.7 Å². The summed E-state index contributed by atoms with van der Waals surface area (Å²) in [5, 5.41) is 15.1. The highest BCUT2D eigenvalue weighted by Crippen LogP contribution is 2.27. The SMILES string of the molecule is CSc1ccc(C=Cc2nc(-c3ccccc3O)n(CCN3CCCCC3)n2)cc1.Cl. The van der Waals surface area contributed by atoms with E-state index in [4.69, 9.17) is 10.1 Å². The number of halogens is 1. The van der Waals surface area contributed by atoms with E-state index in [-0.39, 0.29) is 18.2 Å². The predicted octanol–water partition coefficient (Wildman–Crippen LogP) is 5.45. The van der Waals surface area contributed by atoms with Crippen LogP contribution in [0.1, 0.15) is 30.7 Å². The minimum absolute atomic E-state index is 0. The number of piperidine rings is 1. The van der Waals surface area contributed by atoms with Gasteiger partial charge in [-0.1, -0.05) is 36.8 Å². The van der Waals surface area contributed by atoms with Crippen molar-refractivity contribution in [3.8, 4) is 17.1 Å². The summed E-state index contributed by atoms with van der Waals surface area (Å²) < 4.78 is 1.93. The lowest BCUT2D eigenvalue weighted by atomic mass is 10.1. The number of para-hydroxylation sites is 1. The van der Waals surface area contributed by atoms with Gasteiger partial charge in [0, 0.05) is 11.4 Å². The fourth-order valence-corrected chi connectivity index (χ4v) is 4.16. The summed E-state index contributed by atoms with van der Waals surface area (Å²) in [5.41, 5.74) is 1.83. The lowest BCUT2D eigenvalue weighted by Crippen LogP contribution is -2.32. The summed E-state index contributed by atoms with van der Waals surface area (Å²) in [4.78, 5) is 8.47. The fourth-order valence-electron chi connectivity index (χ4n) is 3.75. The van der Waals surface area contributed by atoms with Gasteiger partial charge in [-0.05, 0) is 68.1 Å². The van der Waals surface area contributed by atoms with Crippen molar-refractivity contribution >= 4 is 36.3 Å². The van der Waals surface area contributed by atoms with Crippen LogP contribution in [0.2, 0.25) is 0 Å². The summed E-state index contributed by atoms with van der Waals surface area (Å²) >= 11 is 1.73. The third-order valence-corrected chi connectivity index (χ3v) is 6.19. The minimum atomic E-state index is 0. The average molecular weight is 457 g/mol. The van der Waals surface area contributed by atoms with E-state index in [9.17, 15) is 5.11 Å².